The van der Waals surface area contributed by atoms with E-state index in [0.717, 1.165) is 19.3 Å². The lowest BCUT2D eigenvalue weighted by Gasteiger charge is -2.61. The first kappa shape index (κ1) is 25.9. The molecule has 3 saturated carbocycles. The predicted octanol–water partition coefficient (Wildman–Crippen LogP) is 4.95. The highest BCUT2D eigenvalue weighted by Gasteiger charge is 2.68. The standard InChI is InChI=1S/C28H36N2O4S/c1-6-26(4)14-21(34-22(32)16-35-25-19(15-29)8-7-13-30-25)27(5)17(2)9-11-28(18(3)24(26)33)12-10-20(31)23(27)28/h6-8,13,17-18,21,23-24,33H,1,9-12,14,16H2,2-5H3/t17-,18+,21-,23?,24+,26-,27+,28+/m1/s1. The quantitative estimate of drug-likeness (QED) is 0.350. The van der Waals surface area contributed by atoms with Crippen molar-refractivity contribution in [2.45, 2.75) is 77.0 Å². The molecule has 1 unspecified atom stereocenters. The molecule has 6 nitrogen and oxygen atoms in total. The van der Waals surface area contributed by atoms with Crippen LogP contribution in [0.15, 0.2) is 36.0 Å². The van der Waals surface area contributed by atoms with E-state index in [0.29, 0.717) is 23.4 Å². The summed E-state index contributed by atoms with van der Waals surface area (Å²) in [6.45, 7) is 12.4. The van der Waals surface area contributed by atoms with Gasteiger partial charge in [0.2, 0.25) is 0 Å². The average molecular weight is 497 g/mol. The van der Waals surface area contributed by atoms with Gasteiger partial charge in [-0.3, -0.25) is 9.59 Å². The Morgan fingerprint density at radius 1 is 1.40 bits per heavy atom. The fourth-order valence-corrected chi connectivity index (χ4v) is 8.14. The topological polar surface area (TPSA) is 100 Å². The Balaban J connectivity index is 1.69. The van der Waals surface area contributed by atoms with Crippen LogP contribution in [0.4, 0.5) is 0 Å². The van der Waals surface area contributed by atoms with Crippen molar-refractivity contribution < 1.29 is 19.4 Å². The second-order valence-electron chi connectivity index (χ2n) is 11.3. The largest absolute Gasteiger partial charge is 0.461 e. The van der Waals surface area contributed by atoms with Crippen LogP contribution in [0, 0.1) is 45.3 Å². The Kier molecular flexibility index (Phi) is 6.93. The van der Waals surface area contributed by atoms with Crippen molar-refractivity contribution in [3.05, 3.63) is 36.5 Å². The van der Waals surface area contributed by atoms with E-state index in [-0.39, 0.29) is 34.7 Å². The predicted molar refractivity (Wildman–Crippen MR) is 134 cm³/mol. The number of ketones is 1. The number of esters is 1. The summed E-state index contributed by atoms with van der Waals surface area (Å²) in [7, 11) is 0. The zero-order chi connectivity index (χ0) is 25.6. The molecule has 1 heterocycles. The Morgan fingerprint density at radius 2 is 2.14 bits per heavy atom. The molecule has 1 aromatic heterocycles. The number of nitriles is 1. The number of rotatable bonds is 5. The van der Waals surface area contributed by atoms with Gasteiger partial charge in [0.15, 0.2) is 0 Å². The molecule has 1 N–H and O–H groups in total. The van der Waals surface area contributed by atoms with Crippen molar-refractivity contribution in [3.8, 4) is 6.07 Å². The summed E-state index contributed by atoms with van der Waals surface area (Å²) in [6, 6.07) is 5.46. The molecule has 7 heteroatoms. The van der Waals surface area contributed by atoms with Crippen LogP contribution in [0.3, 0.4) is 0 Å². The number of aliphatic hydroxyl groups is 1. The van der Waals surface area contributed by atoms with Crippen molar-refractivity contribution in [1.29, 1.82) is 5.26 Å². The maximum absolute atomic E-state index is 13.4. The number of thioether (sulfide) groups is 1. The van der Waals surface area contributed by atoms with Gasteiger partial charge < -0.3 is 9.84 Å². The van der Waals surface area contributed by atoms with Gasteiger partial charge in [0.05, 0.1) is 17.4 Å². The minimum Gasteiger partial charge on any atom is -0.461 e. The van der Waals surface area contributed by atoms with Crippen LogP contribution in [0.5, 0.6) is 0 Å². The first-order valence-electron chi connectivity index (χ1n) is 12.5. The van der Waals surface area contributed by atoms with Crippen molar-refractivity contribution in [1.82, 2.24) is 4.98 Å². The molecule has 0 saturated heterocycles. The van der Waals surface area contributed by atoms with Crippen LogP contribution < -0.4 is 0 Å². The third-order valence-corrected chi connectivity index (χ3v) is 10.8. The van der Waals surface area contributed by atoms with E-state index in [4.69, 9.17) is 4.74 Å². The summed E-state index contributed by atoms with van der Waals surface area (Å²) in [5.74, 6) is -0.272. The fourth-order valence-electron chi connectivity index (χ4n) is 7.41. The number of hydrogen-bond acceptors (Lipinski definition) is 7. The molecule has 1 aromatic rings. The number of carbonyl (C=O) groups is 2. The molecule has 35 heavy (non-hydrogen) atoms. The molecular weight excluding hydrogens is 460 g/mol. The van der Waals surface area contributed by atoms with Crippen molar-refractivity contribution in [2.75, 3.05) is 5.75 Å². The number of carbonyl (C=O) groups excluding carboxylic acids is 2. The summed E-state index contributed by atoms with van der Waals surface area (Å²) in [6.07, 6.45) is 5.70. The van der Waals surface area contributed by atoms with Crippen molar-refractivity contribution >= 4 is 23.5 Å². The number of aliphatic hydroxyl groups excluding tert-OH is 1. The number of nitrogens with zero attached hydrogens (tertiary/aromatic N) is 2. The molecular formula is C28H36N2O4S. The van der Waals surface area contributed by atoms with E-state index in [1.807, 2.05) is 6.92 Å². The Morgan fingerprint density at radius 3 is 2.83 bits per heavy atom. The summed E-state index contributed by atoms with van der Waals surface area (Å²) in [4.78, 5) is 30.8. The lowest BCUT2D eigenvalue weighted by atomic mass is 9.44. The third-order valence-electron chi connectivity index (χ3n) is 9.79. The second-order valence-corrected chi connectivity index (χ2v) is 12.3. The van der Waals surface area contributed by atoms with Crippen LogP contribution in [0.1, 0.15) is 65.4 Å². The van der Waals surface area contributed by atoms with Crippen LogP contribution in [-0.2, 0) is 14.3 Å². The van der Waals surface area contributed by atoms with E-state index >= 15 is 0 Å². The second kappa shape index (κ2) is 9.37. The zero-order valence-corrected chi connectivity index (χ0v) is 21.9. The lowest BCUT2D eigenvalue weighted by Crippen LogP contribution is -2.63. The van der Waals surface area contributed by atoms with E-state index in [1.165, 1.54) is 11.8 Å². The van der Waals surface area contributed by atoms with Gasteiger partial charge in [-0.2, -0.15) is 5.26 Å². The Labute approximate surface area is 212 Å². The van der Waals surface area contributed by atoms with Crippen molar-refractivity contribution in [2.24, 2.45) is 34.0 Å². The van der Waals surface area contributed by atoms with Crippen LogP contribution in [-0.4, -0.2) is 39.8 Å². The first-order chi connectivity index (χ1) is 16.5. The fraction of sp³-hybridized carbons (Fsp3) is 0.643. The third kappa shape index (κ3) is 4.03. The number of hydrogen-bond donors (Lipinski definition) is 1. The average Bonchev–Trinajstić information content (AvgIpc) is 3.21. The van der Waals surface area contributed by atoms with Gasteiger partial charge in [0.1, 0.15) is 23.0 Å². The molecule has 188 valence electrons. The van der Waals surface area contributed by atoms with Gasteiger partial charge in [-0.05, 0) is 55.1 Å². The Bertz CT molecular complexity index is 1070. The molecule has 2 bridgehead atoms. The molecule has 0 radical (unpaired) electrons. The SMILES string of the molecule is C=C[C@]1(C)C[C@@H](OC(=O)CSc2ncccc2C#N)[C@@]2(C)C3C(=O)CC[C@@]3(CC[C@H]2C)[C@@H](C)[C@@H]1O. The van der Waals surface area contributed by atoms with E-state index in [9.17, 15) is 20.0 Å². The molecule has 0 spiro atoms. The molecule has 8 atom stereocenters. The molecule has 3 aliphatic carbocycles. The minimum absolute atomic E-state index is 0.0141. The number of Topliss-reactive ketones (excluding diaryl/α,β-unsaturated/α-hetero) is 1. The van der Waals surface area contributed by atoms with Crippen LogP contribution in [0.25, 0.3) is 0 Å². The smallest absolute Gasteiger partial charge is 0.316 e. The lowest BCUT2D eigenvalue weighted by molar-refractivity contribution is -0.205. The highest BCUT2D eigenvalue weighted by molar-refractivity contribution is 7.99. The Hall–Kier alpha value is -2.17. The van der Waals surface area contributed by atoms with Gasteiger partial charge >= 0.3 is 5.97 Å². The first-order valence-corrected chi connectivity index (χ1v) is 13.5. The highest BCUT2D eigenvalue weighted by Crippen LogP contribution is 2.68. The molecule has 3 aliphatic rings. The number of ether oxygens (including phenoxy) is 1. The monoisotopic (exact) mass is 496 g/mol. The summed E-state index contributed by atoms with van der Waals surface area (Å²) in [5, 5.41) is 21.4. The zero-order valence-electron chi connectivity index (χ0n) is 21.1. The molecule has 0 aromatic carbocycles. The highest BCUT2D eigenvalue weighted by atomic mass is 32.2. The molecule has 3 fully saturated rings. The van der Waals surface area contributed by atoms with Crippen molar-refractivity contribution in [3.63, 3.8) is 0 Å². The van der Waals surface area contributed by atoms with Crippen LogP contribution >= 0.6 is 11.8 Å². The maximum Gasteiger partial charge on any atom is 0.316 e. The van der Waals surface area contributed by atoms with Gasteiger partial charge in [0, 0.05) is 29.4 Å². The number of pyridine rings is 1. The molecule has 4 rings (SSSR count). The minimum atomic E-state index is -0.686. The van der Waals surface area contributed by atoms with Gasteiger partial charge in [-0.25, -0.2) is 4.98 Å². The van der Waals surface area contributed by atoms with Gasteiger partial charge in [0.25, 0.3) is 0 Å². The normalized spacial score (nSPS) is 40.7. The summed E-state index contributed by atoms with van der Waals surface area (Å²) in [5.41, 5.74) is -1.07. The maximum atomic E-state index is 13.4. The summed E-state index contributed by atoms with van der Waals surface area (Å²) < 4.78 is 6.23. The van der Waals surface area contributed by atoms with Gasteiger partial charge in [-0.1, -0.05) is 45.5 Å². The van der Waals surface area contributed by atoms with Gasteiger partial charge in [-0.15, -0.1) is 6.58 Å². The van der Waals surface area contributed by atoms with E-state index in [1.54, 1.807) is 24.4 Å². The van der Waals surface area contributed by atoms with E-state index in [2.05, 4.69) is 38.4 Å². The number of aromatic nitrogens is 1. The van der Waals surface area contributed by atoms with E-state index < -0.39 is 29.0 Å². The molecule has 0 aliphatic heterocycles. The molecule has 0 amide bonds. The van der Waals surface area contributed by atoms with Crippen LogP contribution in [0.2, 0.25) is 0 Å². The summed E-state index contributed by atoms with van der Waals surface area (Å²) >= 11 is 1.18.